The van der Waals surface area contributed by atoms with Gasteiger partial charge in [-0.15, -0.1) is 0 Å². The minimum absolute atomic E-state index is 0.142. The molecule has 7 heteroatoms. The van der Waals surface area contributed by atoms with Crippen molar-refractivity contribution in [2.45, 2.75) is 39.0 Å². The summed E-state index contributed by atoms with van der Waals surface area (Å²) in [4.78, 5) is 41.7. The summed E-state index contributed by atoms with van der Waals surface area (Å²) in [6.07, 6.45) is 4.68. The molecular weight excluding hydrogens is 396 g/mol. The van der Waals surface area contributed by atoms with Crippen molar-refractivity contribution in [2.75, 3.05) is 6.61 Å². The number of fused-ring (bicyclic) bond motifs is 1. The number of aryl methyl sites for hydroxylation is 1. The molecule has 1 aromatic carbocycles. The van der Waals surface area contributed by atoms with E-state index in [1.54, 1.807) is 30.3 Å². The highest BCUT2D eigenvalue weighted by Crippen LogP contribution is 2.27. The van der Waals surface area contributed by atoms with Gasteiger partial charge in [-0.25, -0.2) is 9.78 Å². The predicted octanol–water partition coefficient (Wildman–Crippen LogP) is 4.18. The number of esters is 1. The first-order chi connectivity index (χ1) is 15.0. The fraction of sp³-hybridized carbons (Fsp3) is 0.333. The average Bonchev–Trinajstić information content (AvgIpc) is 3.23. The molecule has 7 nitrogen and oxygen atoms in total. The van der Waals surface area contributed by atoms with Gasteiger partial charge in [0.2, 0.25) is 5.91 Å². The molecule has 1 N–H and O–H groups in total. The Labute approximate surface area is 179 Å². The van der Waals surface area contributed by atoms with E-state index in [0.29, 0.717) is 22.4 Å². The van der Waals surface area contributed by atoms with E-state index >= 15 is 0 Å². The number of hydrogen-bond acceptors (Lipinski definition) is 6. The molecule has 0 saturated heterocycles. The molecule has 2 heterocycles. The summed E-state index contributed by atoms with van der Waals surface area (Å²) in [6.45, 7) is 1.30. The zero-order chi connectivity index (χ0) is 21.8. The quantitative estimate of drug-likeness (QED) is 0.622. The largest absolute Gasteiger partial charge is 0.460 e. The summed E-state index contributed by atoms with van der Waals surface area (Å²) in [5.41, 5.74) is 1.38. The number of nitrogens with zero attached hydrogens (tertiary/aromatic N) is 1. The molecule has 0 unspecified atom stereocenters. The highest BCUT2D eigenvalue weighted by atomic mass is 16.5. The topological polar surface area (TPSA) is 98.5 Å². The summed E-state index contributed by atoms with van der Waals surface area (Å²) < 4.78 is 10.9. The monoisotopic (exact) mass is 420 g/mol. The molecule has 0 spiro atoms. The first-order valence-electron chi connectivity index (χ1n) is 10.5. The maximum absolute atomic E-state index is 12.8. The Morgan fingerprint density at radius 3 is 2.61 bits per heavy atom. The van der Waals surface area contributed by atoms with Gasteiger partial charge in [-0.3, -0.25) is 14.9 Å². The number of hydrogen-bond donors (Lipinski definition) is 1. The summed E-state index contributed by atoms with van der Waals surface area (Å²) >= 11 is 0. The van der Waals surface area contributed by atoms with Gasteiger partial charge in [-0.2, -0.15) is 0 Å². The molecule has 3 aromatic rings. The van der Waals surface area contributed by atoms with Crippen molar-refractivity contribution in [1.82, 2.24) is 10.3 Å². The Hall–Kier alpha value is -3.48. The number of benzene rings is 1. The maximum Gasteiger partial charge on any atom is 0.339 e. The van der Waals surface area contributed by atoms with E-state index in [-0.39, 0.29) is 17.4 Å². The first-order valence-corrected chi connectivity index (χ1v) is 10.5. The highest BCUT2D eigenvalue weighted by Gasteiger charge is 2.23. The molecular formula is C24H24N2O5. The molecule has 0 atom stereocenters. The molecule has 1 aliphatic carbocycles. The fourth-order valence-corrected chi connectivity index (χ4v) is 3.89. The van der Waals surface area contributed by atoms with Gasteiger partial charge < -0.3 is 9.15 Å². The number of carbonyl (C=O) groups is 3. The first kappa shape index (κ1) is 20.8. The molecule has 0 aliphatic heterocycles. The van der Waals surface area contributed by atoms with Crippen LogP contribution < -0.4 is 5.32 Å². The van der Waals surface area contributed by atoms with Crippen LogP contribution in [0.4, 0.5) is 0 Å². The molecule has 1 aliphatic rings. The van der Waals surface area contributed by atoms with Gasteiger partial charge in [-0.05, 0) is 44.0 Å². The Morgan fingerprint density at radius 1 is 1.10 bits per heavy atom. The van der Waals surface area contributed by atoms with E-state index < -0.39 is 18.5 Å². The standard InChI is InChI=1S/C24H24N2O5/c1-15-11-12-21(31-15)20-13-18(17-9-5-6-10-19(17)25-20)24(29)30-14-22(27)26-23(28)16-7-3-2-4-8-16/h5-6,9-13,16H,2-4,7-8,14H2,1H3,(H,26,27,28). The number of nitrogens with one attached hydrogen (secondary N) is 1. The van der Waals surface area contributed by atoms with Crippen LogP contribution in [0.5, 0.6) is 0 Å². The Balaban J connectivity index is 1.48. The van der Waals surface area contributed by atoms with Crippen LogP contribution in [0, 0.1) is 12.8 Å². The second-order valence-corrected chi connectivity index (χ2v) is 7.81. The molecule has 2 amide bonds. The highest BCUT2D eigenvalue weighted by molar-refractivity contribution is 6.05. The van der Waals surface area contributed by atoms with E-state index in [9.17, 15) is 14.4 Å². The molecule has 1 fully saturated rings. The van der Waals surface area contributed by atoms with Crippen molar-refractivity contribution >= 4 is 28.7 Å². The second kappa shape index (κ2) is 9.12. The lowest BCUT2D eigenvalue weighted by Crippen LogP contribution is -2.38. The number of amides is 2. The fourth-order valence-electron chi connectivity index (χ4n) is 3.89. The lowest BCUT2D eigenvalue weighted by atomic mass is 9.89. The Morgan fingerprint density at radius 2 is 1.87 bits per heavy atom. The Bertz CT molecular complexity index is 1130. The van der Waals surface area contributed by atoms with Crippen LogP contribution in [0.3, 0.4) is 0 Å². The van der Waals surface area contributed by atoms with E-state index in [4.69, 9.17) is 9.15 Å². The van der Waals surface area contributed by atoms with Gasteiger partial charge in [0.15, 0.2) is 12.4 Å². The van der Waals surface area contributed by atoms with Crippen LogP contribution in [-0.2, 0) is 14.3 Å². The zero-order valence-electron chi connectivity index (χ0n) is 17.3. The molecule has 1 saturated carbocycles. The number of ether oxygens (including phenoxy) is 1. The van der Waals surface area contributed by atoms with Crippen LogP contribution >= 0.6 is 0 Å². The average molecular weight is 420 g/mol. The summed E-state index contributed by atoms with van der Waals surface area (Å²) in [5.74, 6) is -0.448. The third-order valence-electron chi connectivity index (χ3n) is 5.50. The van der Waals surface area contributed by atoms with Crippen molar-refractivity contribution in [3.63, 3.8) is 0 Å². The number of pyridine rings is 1. The lowest BCUT2D eigenvalue weighted by Gasteiger charge is -2.20. The number of aromatic nitrogens is 1. The molecule has 160 valence electrons. The van der Waals surface area contributed by atoms with Crippen molar-refractivity contribution in [3.05, 3.63) is 53.8 Å². The van der Waals surface area contributed by atoms with E-state index in [0.717, 1.165) is 37.9 Å². The zero-order valence-corrected chi connectivity index (χ0v) is 17.3. The van der Waals surface area contributed by atoms with Gasteiger partial charge in [0.1, 0.15) is 11.5 Å². The van der Waals surface area contributed by atoms with Crippen molar-refractivity contribution in [2.24, 2.45) is 5.92 Å². The maximum atomic E-state index is 12.8. The number of furan rings is 1. The van der Waals surface area contributed by atoms with E-state index in [1.165, 1.54) is 0 Å². The van der Waals surface area contributed by atoms with Crippen LogP contribution in [-0.4, -0.2) is 29.4 Å². The minimum Gasteiger partial charge on any atom is -0.460 e. The van der Waals surface area contributed by atoms with Crippen LogP contribution in [0.25, 0.3) is 22.4 Å². The van der Waals surface area contributed by atoms with Crippen LogP contribution in [0.15, 0.2) is 46.9 Å². The van der Waals surface area contributed by atoms with Crippen LogP contribution in [0.2, 0.25) is 0 Å². The van der Waals surface area contributed by atoms with Gasteiger partial charge in [0.05, 0.1) is 11.1 Å². The number of carbonyl (C=O) groups excluding carboxylic acids is 3. The van der Waals surface area contributed by atoms with Gasteiger partial charge >= 0.3 is 5.97 Å². The summed E-state index contributed by atoms with van der Waals surface area (Å²) in [5, 5.41) is 2.96. The third kappa shape index (κ3) is 4.82. The van der Waals surface area contributed by atoms with Crippen LogP contribution in [0.1, 0.15) is 48.2 Å². The third-order valence-corrected chi connectivity index (χ3v) is 5.50. The van der Waals surface area contributed by atoms with Crippen molar-refractivity contribution < 1.29 is 23.5 Å². The second-order valence-electron chi connectivity index (χ2n) is 7.81. The normalized spacial score (nSPS) is 14.4. The van der Waals surface area contributed by atoms with E-state index in [1.807, 2.05) is 19.1 Å². The smallest absolute Gasteiger partial charge is 0.339 e. The molecule has 31 heavy (non-hydrogen) atoms. The van der Waals surface area contributed by atoms with E-state index in [2.05, 4.69) is 10.3 Å². The predicted molar refractivity (Wildman–Crippen MR) is 114 cm³/mol. The van der Waals surface area contributed by atoms with Crippen molar-refractivity contribution in [3.8, 4) is 11.5 Å². The molecule has 2 aromatic heterocycles. The Kier molecular flexibility index (Phi) is 6.11. The molecule has 0 radical (unpaired) electrons. The number of imide groups is 1. The molecule has 4 rings (SSSR count). The SMILES string of the molecule is Cc1ccc(-c2cc(C(=O)OCC(=O)NC(=O)C3CCCCC3)c3ccccc3n2)o1. The summed E-state index contributed by atoms with van der Waals surface area (Å²) in [7, 11) is 0. The number of para-hydroxylation sites is 1. The molecule has 0 bridgehead atoms. The van der Waals surface area contributed by atoms with Gasteiger partial charge in [-0.1, -0.05) is 37.5 Å². The van der Waals surface area contributed by atoms with Gasteiger partial charge in [0.25, 0.3) is 5.91 Å². The number of rotatable bonds is 5. The lowest BCUT2D eigenvalue weighted by molar-refractivity contribution is -0.135. The van der Waals surface area contributed by atoms with Crippen molar-refractivity contribution in [1.29, 1.82) is 0 Å². The minimum atomic E-state index is -0.664. The van der Waals surface area contributed by atoms with Gasteiger partial charge in [0, 0.05) is 11.3 Å². The summed E-state index contributed by atoms with van der Waals surface area (Å²) in [6, 6.07) is 12.4.